The minimum absolute atomic E-state index is 0.0396. The van der Waals surface area contributed by atoms with Crippen LogP contribution in [0.25, 0.3) is 10.2 Å². The highest BCUT2D eigenvalue weighted by atomic mass is 32.2. The number of fused-ring (bicyclic) bond motifs is 1. The predicted molar refractivity (Wildman–Crippen MR) is 80.7 cm³/mol. The number of rotatable bonds is 4. The monoisotopic (exact) mass is 280 g/mol. The van der Waals surface area contributed by atoms with Gasteiger partial charge in [0.1, 0.15) is 0 Å². The molecule has 1 aromatic heterocycles. The molecule has 5 heteroatoms. The Kier molecular flexibility index (Phi) is 4.24. The molecule has 0 unspecified atom stereocenters. The first kappa shape index (κ1) is 13.4. The van der Waals surface area contributed by atoms with E-state index in [-0.39, 0.29) is 5.91 Å². The number of amides is 1. The van der Waals surface area contributed by atoms with E-state index in [2.05, 4.69) is 29.4 Å². The fraction of sp³-hybridized carbons (Fsp3) is 0.385. The van der Waals surface area contributed by atoms with Gasteiger partial charge in [-0.1, -0.05) is 17.4 Å². The summed E-state index contributed by atoms with van der Waals surface area (Å²) in [6.07, 6.45) is 2.53. The molecule has 18 heavy (non-hydrogen) atoms. The lowest BCUT2D eigenvalue weighted by Crippen LogP contribution is -2.11. The van der Waals surface area contributed by atoms with Crippen molar-refractivity contribution >= 4 is 44.4 Å². The van der Waals surface area contributed by atoms with E-state index in [0.717, 1.165) is 21.5 Å². The van der Waals surface area contributed by atoms with Gasteiger partial charge in [0.05, 0.1) is 10.2 Å². The first-order valence-corrected chi connectivity index (χ1v) is 7.98. The molecule has 0 saturated carbocycles. The second-order valence-electron chi connectivity index (χ2n) is 4.24. The summed E-state index contributed by atoms with van der Waals surface area (Å²) in [6, 6.07) is 4.22. The summed E-state index contributed by atoms with van der Waals surface area (Å²) in [5, 5.41) is 3.57. The number of carbonyl (C=O) groups excluding carboxylic acids is 1. The molecule has 0 atom stereocenters. The molecule has 0 aliphatic carbocycles. The molecule has 0 fully saturated rings. The van der Waals surface area contributed by atoms with E-state index < -0.39 is 0 Å². The molecule has 0 saturated heterocycles. The quantitative estimate of drug-likeness (QED) is 0.930. The summed E-state index contributed by atoms with van der Waals surface area (Å²) in [5.41, 5.74) is 3.38. The van der Waals surface area contributed by atoms with Gasteiger partial charge in [-0.3, -0.25) is 4.79 Å². The number of aromatic nitrogens is 1. The van der Waals surface area contributed by atoms with E-state index in [1.165, 1.54) is 16.9 Å². The molecule has 96 valence electrons. The Hall–Kier alpha value is -1.07. The Labute approximate surface area is 115 Å². The molecule has 3 nitrogen and oxygen atoms in total. The SMILES string of the molecule is CSCCC(=O)Nc1nc2c(C)cc(C)cc2s1. The van der Waals surface area contributed by atoms with Gasteiger partial charge in [-0.05, 0) is 37.3 Å². The number of carbonyl (C=O) groups is 1. The third-order valence-electron chi connectivity index (χ3n) is 2.61. The Bertz CT molecular complexity index is 578. The van der Waals surface area contributed by atoms with Crippen molar-refractivity contribution in [2.24, 2.45) is 0 Å². The van der Waals surface area contributed by atoms with Crippen LogP contribution in [0.15, 0.2) is 12.1 Å². The summed E-state index contributed by atoms with van der Waals surface area (Å²) >= 11 is 3.21. The first-order valence-electron chi connectivity index (χ1n) is 5.76. The smallest absolute Gasteiger partial charge is 0.226 e. The molecule has 0 bridgehead atoms. The standard InChI is InChI=1S/C13H16N2OS2/c1-8-6-9(2)12-10(7-8)18-13(15-12)14-11(16)4-5-17-3/h6-7H,4-5H2,1-3H3,(H,14,15,16). The van der Waals surface area contributed by atoms with E-state index in [0.29, 0.717) is 11.6 Å². The zero-order valence-corrected chi connectivity index (χ0v) is 12.4. The van der Waals surface area contributed by atoms with Crippen LogP contribution in [0.2, 0.25) is 0 Å². The Morgan fingerprint density at radius 2 is 2.22 bits per heavy atom. The van der Waals surface area contributed by atoms with Crippen LogP contribution in [-0.2, 0) is 4.79 Å². The van der Waals surface area contributed by atoms with E-state index in [9.17, 15) is 4.79 Å². The van der Waals surface area contributed by atoms with E-state index in [1.807, 2.05) is 13.2 Å². The van der Waals surface area contributed by atoms with Crippen LogP contribution >= 0.6 is 23.1 Å². The van der Waals surface area contributed by atoms with Gasteiger partial charge in [0.2, 0.25) is 5.91 Å². The Morgan fingerprint density at radius 3 is 2.94 bits per heavy atom. The fourth-order valence-electron chi connectivity index (χ4n) is 1.80. The number of thiazole rings is 1. The number of hydrogen-bond acceptors (Lipinski definition) is 4. The lowest BCUT2D eigenvalue weighted by molar-refractivity contribution is -0.115. The number of aryl methyl sites for hydroxylation is 2. The van der Waals surface area contributed by atoms with Crippen molar-refractivity contribution in [3.05, 3.63) is 23.3 Å². The minimum Gasteiger partial charge on any atom is -0.302 e. The number of thioether (sulfide) groups is 1. The number of nitrogens with zero attached hydrogens (tertiary/aromatic N) is 1. The van der Waals surface area contributed by atoms with Crippen LogP contribution in [0.5, 0.6) is 0 Å². The summed E-state index contributed by atoms with van der Waals surface area (Å²) in [4.78, 5) is 16.1. The molecule has 1 aromatic carbocycles. The predicted octanol–water partition coefficient (Wildman–Crippen LogP) is 3.60. The van der Waals surface area contributed by atoms with Gasteiger partial charge in [-0.15, -0.1) is 0 Å². The molecular formula is C13H16N2OS2. The first-order chi connectivity index (χ1) is 8.60. The highest BCUT2D eigenvalue weighted by molar-refractivity contribution is 7.98. The fourth-order valence-corrected chi connectivity index (χ4v) is 3.25. The molecular weight excluding hydrogens is 264 g/mol. The van der Waals surface area contributed by atoms with Gasteiger partial charge in [-0.25, -0.2) is 4.98 Å². The second kappa shape index (κ2) is 5.71. The second-order valence-corrected chi connectivity index (χ2v) is 6.25. The molecule has 1 heterocycles. The largest absolute Gasteiger partial charge is 0.302 e. The Balaban J connectivity index is 2.20. The maximum atomic E-state index is 11.6. The molecule has 0 aliphatic rings. The van der Waals surface area contributed by atoms with Crippen LogP contribution in [0.1, 0.15) is 17.5 Å². The van der Waals surface area contributed by atoms with Gasteiger partial charge < -0.3 is 5.32 Å². The minimum atomic E-state index is 0.0396. The Morgan fingerprint density at radius 1 is 1.44 bits per heavy atom. The van der Waals surface area contributed by atoms with Gasteiger partial charge in [0.15, 0.2) is 5.13 Å². The normalized spacial score (nSPS) is 10.8. The van der Waals surface area contributed by atoms with E-state index in [1.54, 1.807) is 11.8 Å². The van der Waals surface area contributed by atoms with Crippen molar-refractivity contribution in [3.63, 3.8) is 0 Å². The summed E-state index contributed by atoms with van der Waals surface area (Å²) < 4.78 is 1.13. The highest BCUT2D eigenvalue weighted by Gasteiger charge is 2.09. The van der Waals surface area contributed by atoms with Crippen LogP contribution in [-0.4, -0.2) is 22.9 Å². The third kappa shape index (κ3) is 3.03. The van der Waals surface area contributed by atoms with Crippen molar-refractivity contribution in [2.45, 2.75) is 20.3 Å². The highest BCUT2D eigenvalue weighted by Crippen LogP contribution is 2.29. The average molecular weight is 280 g/mol. The van der Waals surface area contributed by atoms with Crippen LogP contribution in [0.3, 0.4) is 0 Å². The molecule has 1 N–H and O–H groups in total. The summed E-state index contributed by atoms with van der Waals surface area (Å²) in [5.74, 6) is 0.882. The molecule has 0 spiro atoms. The van der Waals surface area contributed by atoms with Crippen molar-refractivity contribution in [1.82, 2.24) is 4.98 Å². The number of nitrogens with one attached hydrogen (secondary N) is 1. The van der Waals surface area contributed by atoms with Gasteiger partial charge in [0, 0.05) is 12.2 Å². The lowest BCUT2D eigenvalue weighted by atomic mass is 10.1. The molecule has 2 rings (SSSR count). The molecule has 1 amide bonds. The van der Waals surface area contributed by atoms with E-state index >= 15 is 0 Å². The number of hydrogen-bond donors (Lipinski definition) is 1. The summed E-state index contributed by atoms with van der Waals surface area (Å²) in [7, 11) is 0. The van der Waals surface area contributed by atoms with Crippen molar-refractivity contribution in [2.75, 3.05) is 17.3 Å². The summed E-state index contributed by atoms with van der Waals surface area (Å²) in [6.45, 7) is 4.12. The van der Waals surface area contributed by atoms with Gasteiger partial charge >= 0.3 is 0 Å². The van der Waals surface area contributed by atoms with Crippen LogP contribution < -0.4 is 5.32 Å². The van der Waals surface area contributed by atoms with Crippen molar-refractivity contribution in [1.29, 1.82) is 0 Å². The molecule has 0 radical (unpaired) electrons. The molecule has 0 aliphatic heterocycles. The zero-order chi connectivity index (χ0) is 13.1. The maximum Gasteiger partial charge on any atom is 0.226 e. The number of benzene rings is 1. The lowest BCUT2D eigenvalue weighted by Gasteiger charge is -1.99. The van der Waals surface area contributed by atoms with Crippen LogP contribution in [0, 0.1) is 13.8 Å². The topological polar surface area (TPSA) is 42.0 Å². The number of anilines is 1. The van der Waals surface area contributed by atoms with Gasteiger partial charge in [0.25, 0.3) is 0 Å². The third-order valence-corrected chi connectivity index (χ3v) is 4.14. The van der Waals surface area contributed by atoms with E-state index in [4.69, 9.17) is 0 Å². The molecule has 2 aromatic rings. The maximum absolute atomic E-state index is 11.6. The van der Waals surface area contributed by atoms with Crippen molar-refractivity contribution in [3.8, 4) is 0 Å². The van der Waals surface area contributed by atoms with Crippen LogP contribution in [0.4, 0.5) is 5.13 Å². The van der Waals surface area contributed by atoms with Crippen molar-refractivity contribution < 1.29 is 4.79 Å². The average Bonchev–Trinajstić information content (AvgIpc) is 2.69. The van der Waals surface area contributed by atoms with Gasteiger partial charge in [-0.2, -0.15) is 11.8 Å². The zero-order valence-electron chi connectivity index (χ0n) is 10.7.